The molecule has 2 aliphatic heterocycles. The maximum absolute atomic E-state index is 13.1. The Bertz CT molecular complexity index is 955. The highest BCUT2D eigenvalue weighted by molar-refractivity contribution is 6.10. The molecule has 0 unspecified atom stereocenters. The Morgan fingerprint density at radius 1 is 1.12 bits per heavy atom. The molecule has 0 aromatic heterocycles. The largest absolute Gasteiger partial charge is 0.381 e. The fourth-order valence-electron chi connectivity index (χ4n) is 7.03. The van der Waals surface area contributed by atoms with Gasteiger partial charge in [0.05, 0.1) is 0 Å². The molecule has 3 aliphatic carbocycles. The summed E-state index contributed by atoms with van der Waals surface area (Å²) in [6, 6.07) is 0.706. The smallest absolute Gasteiger partial charge is 0.317 e. The molecule has 6 heteroatoms. The Balaban J connectivity index is 1.12. The van der Waals surface area contributed by atoms with Gasteiger partial charge >= 0.3 is 6.03 Å². The maximum atomic E-state index is 13.1. The standard InChI is InChI=1S/C28H41N3O3/c1-19-18-23-24(20(2)28(11-12-28)27(3,34)25(23)32)22(19)8-7-13-29-26(33)31-16-9-21(10-17-31)30-14-5-4-6-15-30/h18,21,34H,4-17H2,1-3H3,(H,29,33)/t27-/m0/s1. The highest BCUT2D eigenvalue weighted by Crippen LogP contribution is 2.65. The second kappa shape index (κ2) is 8.94. The van der Waals surface area contributed by atoms with Crippen molar-refractivity contribution in [3.8, 4) is 0 Å². The van der Waals surface area contributed by atoms with Crippen molar-refractivity contribution in [2.24, 2.45) is 5.41 Å². The number of aliphatic hydroxyl groups is 1. The molecule has 34 heavy (non-hydrogen) atoms. The van der Waals surface area contributed by atoms with Crippen LogP contribution in [0.15, 0.2) is 33.9 Å². The number of hydrogen-bond donors (Lipinski definition) is 2. The minimum atomic E-state index is -1.29. The number of ketones is 1. The monoisotopic (exact) mass is 467 g/mol. The first-order valence-electron chi connectivity index (χ1n) is 13.4. The van der Waals surface area contributed by atoms with E-state index in [4.69, 9.17) is 0 Å². The second-order valence-electron chi connectivity index (χ2n) is 11.4. The number of amides is 2. The predicted molar refractivity (Wildman–Crippen MR) is 133 cm³/mol. The number of carbonyl (C=O) groups is 2. The van der Waals surface area contributed by atoms with Gasteiger partial charge in [-0.1, -0.05) is 12.0 Å². The Labute approximate surface area is 204 Å². The van der Waals surface area contributed by atoms with E-state index in [2.05, 4.69) is 24.1 Å². The minimum Gasteiger partial charge on any atom is -0.381 e. The predicted octanol–water partition coefficient (Wildman–Crippen LogP) is 4.11. The van der Waals surface area contributed by atoms with E-state index in [1.165, 1.54) is 43.5 Å². The molecular weight excluding hydrogens is 426 g/mol. The molecule has 3 fully saturated rings. The number of rotatable bonds is 5. The van der Waals surface area contributed by atoms with E-state index in [1.807, 2.05) is 11.0 Å². The van der Waals surface area contributed by atoms with Crippen LogP contribution in [-0.4, -0.2) is 71.1 Å². The Morgan fingerprint density at radius 3 is 2.44 bits per heavy atom. The number of fused-ring (bicyclic) bond motifs is 1. The summed E-state index contributed by atoms with van der Waals surface area (Å²) in [5, 5.41) is 14.1. The van der Waals surface area contributed by atoms with Gasteiger partial charge in [-0.15, -0.1) is 0 Å². The lowest BCUT2D eigenvalue weighted by molar-refractivity contribution is -0.137. The van der Waals surface area contributed by atoms with Crippen LogP contribution in [0.2, 0.25) is 0 Å². The molecular formula is C28H41N3O3. The SMILES string of the molecule is CC1=C(CCCNC(=O)N2CCC(N3CCCCC3)CC2)C2=C(C)C3(CC3)[C@@](C)(O)C(=O)C2=C1. The average molecular weight is 468 g/mol. The van der Waals surface area contributed by atoms with Crippen molar-refractivity contribution in [1.82, 2.24) is 15.1 Å². The van der Waals surface area contributed by atoms with Crippen LogP contribution in [0.4, 0.5) is 4.79 Å². The second-order valence-corrected chi connectivity index (χ2v) is 11.4. The summed E-state index contributed by atoms with van der Waals surface area (Å²) in [6.45, 7) is 10.6. The molecule has 0 radical (unpaired) electrons. The molecule has 2 saturated heterocycles. The van der Waals surface area contributed by atoms with Crippen molar-refractivity contribution < 1.29 is 14.7 Å². The summed E-state index contributed by atoms with van der Waals surface area (Å²) in [4.78, 5) is 30.4. The van der Waals surface area contributed by atoms with Gasteiger partial charge in [0.15, 0.2) is 5.78 Å². The van der Waals surface area contributed by atoms with Crippen LogP contribution in [0.1, 0.15) is 78.6 Å². The molecule has 2 heterocycles. The van der Waals surface area contributed by atoms with E-state index in [1.54, 1.807) is 6.92 Å². The zero-order chi connectivity index (χ0) is 24.1. The van der Waals surface area contributed by atoms with Crippen molar-refractivity contribution in [3.05, 3.63) is 33.9 Å². The van der Waals surface area contributed by atoms with Gasteiger partial charge in [0, 0.05) is 36.7 Å². The summed E-state index contributed by atoms with van der Waals surface area (Å²) >= 11 is 0. The number of nitrogens with one attached hydrogen (secondary N) is 1. The van der Waals surface area contributed by atoms with Crippen LogP contribution in [0.5, 0.6) is 0 Å². The van der Waals surface area contributed by atoms with Gasteiger partial charge in [-0.3, -0.25) is 4.79 Å². The van der Waals surface area contributed by atoms with Crippen LogP contribution in [0, 0.1) is 5.41 Å². The number of carbonyl (C=O) groups excluding carboxylic acids is 2. The molecule has 0 bridgehead atoms. The van der Waals surface area contributed by atoms with Crippen molar-refractivity contribution >= 4 is 11.8 Å². The Morgan fingerprint density at radius 2 is 1.79 bits per heavy atom. The van der Waals surface area contributed by atoms with Crippen molar-refractivity contribution in [1.29, 1.82) is 0 Å². The normalized spacial score (nSPS) is 29.6. The lowest BCUT2D eigenvalue weighted by Crippen LogP contribution is -2.50. The van der Waals surface area contributed by atoms with Gasteiger partial charge in [-0.2, -0.15) is 0 Å². The first-order valence-corrected chi connectivity index (χ1v) is 13.4. The topological polar surface area (TPSA) is 72.9 Å². The fourth-order valence-corrected chi connectivity index (χ4v) is 7.03. The zero-order valence-corrected chi connectivity index (χ0v) is 21.2. The molecule has 6 nitrogen and oxygen atoms in total. The van der Waals surface area contributed by atoms with Gasteiger partial charge in [0.1, 0.15) is 5.60 Å². The lowest BCUT2D eigenvalue weighted by atomic mass is 9.67. The van der Waals surface area contributed by atoms with E-state index in [0.29, 0.717) is 18.2 Å². The van der Waals surface area contributed by atoms with Gasteiger partial charge in [0.2, 0.25) is 0 Å². The third-order valence-corrected chi connectivity index (χ3v) is 9.41. The van der Waals surface area contributed by atoms with Crippen LogP contribution in [0.25, 0.3) is 0 Å². The van der Waals surface area contributed by atoms with Crippen LogP contribution in [-0.2, 0) is 4.79 Å². The van der Waals surface area contributed by atoms with E-state index >= 15 is 0 Å². The third-order valence-electron chi connectivity index (χ3n) is 9.41. The quantitative estimate of drug-likeness (QED) is 0.597. The summed E-state index contributed by atoms with van der Waals surface area (Å²) < 4.78 is 0. The van der Waals surface area contributed by atoms with Crippen molar-refractivity contribution in [2.45, 2.75) is 90.2 Å². The lowest BCUT2D eigenvalue weighted by Gasteiger charge is -2.40. The highest BCUT2D eigenvalue weighted by atomic mass is 16.3. The first kappa shape index (κ1) is 23.8. The number of Topliss-reactive ketones (excluding diaryl/α,β-unsaturated/α-hetero) is 1. The van der Waals surface area contributed by atoms with E-state index in [-0.39, 0.29) is 17.2 Å². The van der Waals surface area contributed by atoms with Crippen molar-refractivity contribution in [3.63, 3.8) is 0 Å². The molecule has 1 atom stereocenters. The van der Waals surface area contributed by atoms with E-state index < -0.39 is 5.60 Å². The van der Waals surface area contributed by atoms with Crippen LogP contribution >= 0.6 is 0 Å². The number of piperidine rings is 2. The molecule has 1 saturated carbocycles. The maximum Gasteiger partial charge on any atom is 0.317 e. The highest BCUT2D eigenvalue weighted by Gasteiger charge is 2.64. The third kappa shape index (κ3) is 3.87. The summed E-state index contributed by atoms with van der Waals surface area (Å²) in [6.07, 6.45) is 11.6. The molecule has 0 aromatic rings. The van der Waals surface area contributed by atoms with Crippen molar-refractivity contribution in [2.75, 3.05) is 32.7 Å². The Hall–Kier alpha value is -1.92. The van der Waals surface area contributed by atoms with E-state index in [9.17, 15) is 14.7 Å². The van der Waals surface area contributed by atoms with Crippen LogP contribution < -0.4 is 5.32 Å². The summed E-state index contributed by atoms with van der Waals surface area (Å²) in [7, 11) is 0. The molecule has 0 aromatic carbocycles. The minimum absolute atomic E-state index is 0.0595. The number of hydrogen-bond acceptors (Lipinski definition) is 4. The van der Waals surface area contributed by atoms with Gasteiger partial charge < -0.3 is 20.2 Å². The molecule has 5 rings (SSSR count). The molecule has 1 spiro atoms. The Kier molecular flexibility index (Phi) is 6.26. The molecule has 2 amide bonds. The number of urea groups is 1. The van der Waals surface area contributed by atoms with Gasteiger partial charge in [-0.05, 0) is 108 Å². The number of nitrogens with zero attached hydrogens (tertiary/aromatic N) is 2. The summed E-state index contributed by atoms with van der Waals surface area (Å²) in [5.41, 5.74) is 3.62. The average Bonchev–Trinajstić information content (AvgIpc) is 3.60. The number of likely N-dealkylation sites (tertiary alicyclic amines) is 2. The zero-order valence-electron chi connectivity index (χ0n) is 21.2. The van der Waals surface area contributed by atoms with Gasteiger partial charge in [0.25, 0.3) is 0 Å². The molecule has 186 valence electrons. The van der Waals surface area contributed by atoms with Gasteiger partial charge in [-0.25, -0.2) is 4.79 Å². The number of allylic oxidation sites excluding steroid dienone is 4. The molecule has 2 N–H and O–H groups in total. The fraction of sp³-hybridized carbons (Fsp3) is 0.714. The summed E-state index contributed by atoms with van der Waals surface area (Å²) in [5.74, 6) is -0.124. The first-order chi connectivity index (χ1) is 16.3. The van der Waals surface area contributed by atoms with Crippen LogP contribution in [0.3, 0.4) is 0 Å². The molecule has 5 aliphatic rings. The van der Waals surface area contributed by atoms with E-state index in [0.717, 1.165) is 62.8 Å².